The van der Waals surface area contributed by atoms with Gasteiger partial charge in [0.05, 0.1) is 11.1 Å². The van der Waals surface area contributed by atoms with Crippen LogP contribution in [0, 0.1) is 0 Å². The fourth-order valence-electron chi connectivity index (χ4n) is 3.38. The largest absolute Gasteiger partial charge is 0.492 e. The first-order valence-corrected chi connectivity index (χ1v) is 9.60. The number of likely N-dealkylation sites (N-methyl/N-ethyl adjacent to an activating group) is 1. The number of aromatic nitrogens is 3. The molecule has 3 aromatic rings. The summed E-state index contributed by atoms with van der Waals surface area (Å²) in [6.45, 7) is 9.19. The second kappa shape index (κ2) is 6.78. The quantitative estimate of drug-likeness (QED) is 0.752. The molecule has 3 aromatic heterocycles. The minimum atomic E-state index is -0.104. The highest BCUT2D eigenvalue weighted by Crippen LogP contribution is 2.40. The van der Waals surface area contributed by atoms with Gasteiger partial charge in [-0.3, -0.25) is 4.90 Å². The summed E-state index contributed by atoms with van der Waals surface area (Å²) in [5.74, 6) is 1.77. The van der Waals surface area contributed by atoms with Crippen molar-refractivity contribution in [3.8, 4) is 5.88 Å². The lowest BCUT2D eigenvalue weighted by atomic mass is 10.1. The SMILES string of the molecule is CCc1nc2sc([C@H](c3ccco3)N3CCN(CC)CC3)c(O)n2n1. The van der Waals surface area contributed by atoms with Gasteiger partial charge in [0.1, 0.15) is 11.8 Å². The van der Waals surface area contributed by atoms with Gasteiger partial charge in [0.15, 0.2) is 5.82 Å². The average Bonchev–Trinajstić information content (AvgIpc) is 3.35. The summed E-state index contributed by atoms with van der Waals surface area (Å²) < 4.78 is 7.27. The summed E-state index contributed by atoms with van der Waals surface area (Å²) in [7, 11) is 0. The van der Waals surface area contributed by atoms with Crippen LogP contribution in [-0.2, 0) is 6.42 Å². The number of piperazine rings is 1. The number of fused-ring (bicyclic) bond motifs is 1. The smallest absolute Gasteiger partial charge is 0.230 e. The number of hydrogen-bond acceptors (Lipinski definition) is 7. The summed E-state index contributed by atoms with van der Waals surface area (Å²) >= 11 is 1.49. The summed E-state index contributed by atoms with van der Waals surface area (Å²) in [6.07, 6.45) is 2.44. The molecule has 0 amide bonds. The van der Waals surface area contributed by atoms with E-state index < -0.39 is 0 Å². The molecule has 0 aliphatic carbocycles. The van der Waals surface area contributed by atoms with Gasteiger partial charge in [-0.25, -0.2) is 4.98 Å². The second-order valence-electron chi connectivity index (χ2n) is 6.25. The standard InChI is InChI=1S/C17H23N5O2S/c1-3-13-18-17-22(19-13)16(23)15(25-17)14(12-6-5-11-24-12)21-9-7-20(4-2)8-10-21/h5-6,11,14,23H,3-4,7-10H2,1-2H3/t14-/m0/s1. The molecule has 1 saturated heterocycles. The predicted molar refractivity (Wildman–Crippen MR) is 96.1 cm³/mol. The number of hydrogen-bond donors (Lipinski definition) is 1. The van der Waals surface area contributed by atoms with Crippen molar-refractivity contribution in [2.45, 2.75) is 26.3 Å². The van der Waals surface area contributed by atoms with Crippen molar-refractivity contribution < 1.29 is 9.52 Å². The molecule has 0 radical (unpaired) electrons. The first-order valence-electron chi connectivity index (χ1n) is 8.78. The molecule has 1 atom stereocenters. The lowest BCUT2D eigenvalue weighted by molar-refractivity contribution is 0.105. The minimum absolute atomic E-state index is 0.104. The van der Waals surface area contributed by atoms with Crippen LogP contribution in [0.2, 0.25) is 0 Å². The molecule has 4 heterocycles. The van der Waals surface area contributed by atoms with E-state index in [0.717, 1.165) is 60.6 Å². The van der Waals surface area contributed by atoms with Crippen LogP contribution in [0.25, 0.3) is 4.96 Å². The first-order chi connectivity index (χ1) is 12.2. The summed E-state index contributed by atoms with van der Waals surface area (Å²) in [5, 5.41) is 15.2. The molecule has 0 spiro atoms. The van der Waals surface area contributed by atoms with Crippen LogP contribution in [0.4, 0.5) is 0 Å². The van der Waals surface area contributed by atoms with Crippen LogP contribution in [0.1, 0.15) is 36.4 Å². The topological polar surface area (TPSA) is 70.0 Å². The Labute approximate surface area is 150 Å². The molecule has 1 fully saturated rings. The van der Waals surface area contributed by atoms with Crippen LogP contribution in [-0.4, -0.2) is 62.2 Å². The molecular formula is C17H23N5O2S. The molecule has 8 heteroatoms. The van der Waals surface area contributed by atoms with E-state index in [4.69, 9.17) is 4.42 Å². The Kier molecular flexibility index (Phi) is 4.49. The van der Waals surface area contributed by atoms with Crippen molar-refractivity contribution in [3.05, 3.63) is 34.9 Å². The Hall–Kier alpha value is -1.90. The molecule has 1 N–H and O–H groups in total. The predicted octanol–water partition coefficient (Wildman–Crippen LogP) is 2.38. The van der Waals surface area contributed by atoms with E-state index in [1.807, 2.05) is 19.1 Å². The summed E-state index contributed by atoms with van der Waals surface area (Å²) in [5.41, 5.74) is 0. The Bertz CT molecular complexity index is 833. The summed E-state index contributed by atoms with van der Waals surface area (Å²) in [4.78, 5) is 10.9. The molecule has 25 heavy (non-hydrogen) atoms. The van der Waals surface area contributed by atoms with Gasteiger partial charge in [-0.1, -0.05) is 25.2 Å². The molecular weight excluding hydrogens is 338 g/mol. The Morgan fingerprint density at radius 3 is 2.68 bits per heavy atom. The normalized spacial score (nSPS) is 18.2. The van der Waals surface area contributed by atoms with Crippen molar-refractivity contribution in [2.75, 3.05) is 32.7 Å². The van der Waals surface area contributed by atoms with E-state index in [-0.39, 0.29) is 11.9 Å². The number of nitrogens with zero attached hydrogens (tertiary/aromatic N) is 5. The van der Waals surface area contributed by atoms with Gasteiger partial charge < -0.3 is 14.4 Å². The van der Waals surface area contributed by atoms with E-state index in [2.05, 4.69) is 26.8 Å². The zero-order chi connectivity index (χ0) is 17.4. The molecule has 134 valence electrons. The lowest BCUT2D eigenvalue weighted by Crippen LogP contribution is -2.47. The highest BCUT2D eigenvalue weighted by molar-refractivity contribution is 7.17. The van der Waals surface area contributed by atoms with Crippen LogP contribution in [0.15, 0.2) is 22.8 Å². The third kappa shape index (κ3) is 2.94. The van der Waals surface area contributed by atoms with Gasteiger partial charge in [0.2, 0.25) is 10.8 Å². The fraction of sp³-hybridized carbons (Fsp3) is 0.529. The Morgan fingerprint density at radius 1 is 1.28 bits per heavy atom. The van der Waals surface area contributed by atoms with Gasteiger partial charge in [-0.05, 0) is 18.7 Å². The van der Waals surface area contributed by atoms with Crippen LogP contribution >= 0.6 is 11.3 Å². The van der Waals surface area contributed by atoms with Crippen LogP contribution < -0.4 is 0 Å². The molecule has 0 saturated carbocycles. The molecule has 1 aliphatic rings. The maximum atomic E-state index is 10.8. The number of furan rings is 1. The van der Waals surface area contributed by atoms with Crippen molar-refractivity contribution >= 4 is 16.3 Å². The second-order valence-corrected chi connectivity index (χ2v) is 7.26. The maximum absolute atomic E-state index is 10.8. The number of aromatic hydroxyl groups is 1. The van der Waals surface area contributed by atoms with Gasteiger partial charge in [0.25, 0.3) is 0 Å². The Morgan fingerprint density at radius 2 is 2.08 bits per heavy atom. The number of aryl methyl sites for hydroxylation is 1. The molecule has 4 rings (SSSR count). The summed E-state index contributed by atoms with van der Waals surface area (Å²) in [6, 6.07) is 3.77. The Balaban J connectivity index is 1.71. The van der Waals surface area contributed by atoms with Gasteiger partial charge >= 0.3 is 0 Å². The number of rotatable bonds is 5. The molecule has 0 bridgehead atoms. The van der Waals surface area contributed by atoms with E-state index in [0.29, 0.717) is 0 Å². The zero-order valence-electron chi connectivity index (χ0n) is 14.6. The van der Waals surface area contributed by atoms with E-state index in [1.165, 1.54) is 11.3 Å². The van der Waals surface area contributed by atoms with Gasteiger partial charge in [-0.2, -0.15) is 4.52 Å². The highest BCUT2D eigenvalue weighted by Gasteiger charge is 2.33. The van der Waals surface area contributed by atoms with Gasteiger partial charge in [-0.15, -0.1) is 5.10 Å². The monoisotopic (exact) mass is 361 g/mol. The number of thiazole rings is 1. The van der Waals surface area contributed by atoms with Gasteiger partial charge in [0, 0.05) is 32.6 Å². The van der Waals surface area contributed by atoms with E-state index >= 15 is 0 Å². The van der Waals surface area contributed by atoms with Crippen molar-refractivity contribution in [3.63, 3.8) is 0 Å². The first kappa shape index (κ1) is 16.6. The van der Waals surface area contributed by atoms with Crippen molar-refractivity contribution in [2.24, 2.45) is 0 Å². The highest BCUT2D eigenvalue weighted by atomic mass is 32.1. The fourth-order valence-corrected chi connectivity index (χ4v) is 4.49. The lowest BCUT2D eigenvalue weighted by Gasteiger charge is -2.37. The van der Waals surface area contributed by atoms with E-state index in [9.17, 15) is 5.11 Å². The average molecular weight is 361 g/mol. The van der Waals surface area contributed by atoms with E-state index in [1.54, 1.807) is 10.8 Å². The van der Waals surface area contributed by atoms with Crippen molar-refractivity contribution in [1.29, 1.82) is 0 Å². The van der Waals surface area contributed by atoms with Crippen LogP contribution in [0.3, 0.4) is 0 Å². The minimum Gasteiger partial charge on any atom is -0.492 e. The molecule has 0 unspecified atom stereocenters. The molecule has 1 aliphatic heterocycles. The van der Waals surface area contributed by atoms with Crippen molar-refractivity contribution in [1.82, 2.24) is 24.4 Å². The molecule has 0 aromatic carbocycles. The zero-order valence-corrected chi connectivity index (χ0v) is 15.4. The maximum Gasteiger partial charge on any atom is 0.230 e. The third-order valence-electron chi connectivity index (χ3n) is 4.84. The molecule has 7 nitrogen and oxygen atoms in total. The van der Waals surface area contributed by atoms with Crippen LogP contribution in [0.5, 0.6) is 5.88 Å². The third-order valence-corrected chi connectivity index (χ3v) is 5.91.